The van der Waals surface area contributed by atoms with Crippen LogP contribution in [0.25, 0.3) is 0 Å². The third-order valence-corrected chi connectivity index (χ3v) is 4.95. The number of nitrogens with zero attached hydrogens (tertiary/aromatic N) is 1. The lowest BCUT2D eigenvalue weighted by Crippen LogP contribution is -2.43. The van der Waals surface area contributed by atoms with Crippen LogP contribution in [0.2, 0.25) is 0 Å². The number of rotatable bonds is 7. The van der Waals surface area contributed by atoms with Gasteiger partial charge in [-0.2, -0.15) is 8.78 Å². The molecular formula is C17H24F2N2OS. The van der Waals surface area contributed by atoms with Gasteiger partial charge in [0.1, 0.15) is 0 Å². The summed E-state index contributed by atoms with van der Waals surface area (Å²) in [6.45, 7) is 4.48. The van der Waals surface area contributed by atoms with Crippen molar-refractivity contribution in [1.29, 1.82) is 0 Å². The zero-order chi connectivity index (χ0) is 16.8. The van der Waals surface area contributed by atoms with Crippen LogP contribution in [0, 0.1) is 0 Å². The summed E-state index contributed by atoms with van der Waals surface area (Å²) in [5.74, 6) is -2.65. The molecule has 1 aromatic rings. The third kappa shape index (κ3) is 5.46. The summed E-state index contributed by atoms with van der Waals surface area (Å²) in [5, 5.41) is 2.79. The van der Waals surface area contributed by atoms with Gasteiger partial charge in [-0.25, -0.2) is 0 Å². The highest BCUT2D eigenvalue weighted by atomic mass is 32.2. The molecule has 0 atom stereocenters. The average molecular weight is 342 g/mol. The van der Waals surface area contributed by atoms with Gasteiger partial charge in [0.15, 0.2) is 0 Å². The molecule has 0 aliphatic heterocycles. The lowest BCUT2D eigenvalue weighted by Gasteiger charge is -2.31. The number of carbonyl (C=O) groups is 1. The van der Waals surface area contributed by atoms with Crippen LogP contribution in [-0.4, -0.2) is 35.2 Å². The van der Waals surface area contributed by atoms with Crippen molar-refractivity contribution in [2.45, 2.75) is 62.3 Å². The standard InChI is InChI=1S/C17H24F2N2OS/c1-12(2)21(13-7-3-4-8-13)11-16(22)20-14-9-5-6-10-15(14)23-17(18)19/h5-6,9-10,12-13,17H,3-4,7-8,11H2,1-2H3,(H,20,22). The van der Waals surface area contributed by atoms with Crippen molar-refractivity contribution in [3.63, 3.8) is 0 Å². The van der Waals surface area contributed by atoms with E-state index < -0.39 is 5.76 Å². The second kappa shape index (κ2) is 8.64. The van der Waals surface area contributed by atoms with E-state index in [0.29, 0.717) is 34.9 Å². The molecule has 0 radical (unpaired) electrons. The molecule has 128 valence electrons. The Morgan fingerprint density at radius 2 is 1.96 bits per heavy atom. The Labute approximate surface area is 140 Å². The first-order chi connectivity index (χ1) is 11.0. The van der Waals surface area contributed by atoms with Gasteiger partial charge in [-0.1, -0.05) is 36.7 Å². The summed E-state index contributed by atoms with van der Waals surface area (Å²) >= 11 is 0.456. The molecule has 0 bridgehead atoms. The van der Waals surface area contributed by atoms with E-state index in [0.717, 1.165) is 12.8 Å². The monoisotopic (exact) mass is 342 g/mol. The van der Waals surface area contributed by atoms with E-state index in [2.05, 4.69) is 24.1 Å². The fourth-order valence-corrected chi connectivity index (χ4v) is 3.69. The van der Waals surface area contributed by atoms with Crippen LogP contribution in [0.5, 0.6) is 0 Å². The fourth-order valence-electron chi connectivity index (χ4n) is 3.09. The van der Waals surface area contributed by atoms with Crippen molar-refractivity contribution in [3.05, 3.63) is 24.3 Å². The average Bonchev–Trinajstić information content (AvgIpc) is 3.00. The summed E-state index contributed by atoms with van der Waals surface area (Å²) < 4.78 is 25.2. The molecule has 0 spiro atoms. The van der Waals surface area contributed by atoms with Gasteiger partial charge in [0.05, 0.1) is 12.2 Å². The Balaban J connectivity index is 2.00. The minimum Gasteiger partial charge on any atom is -0.324 e. The number of para-hydroxylation sites is 1. The van der Waals surface area contributed by atoms with Crippen LogP contribution < -0.4 is 5.32 Å². The number of hydrogen-bond acceptors (Lipinski definition) is 3. The number of benzene rings is 1. The maximum Gasteiger partial charge on any atom is 0.288 e. The molecule has 1 aromatic carbocycles. The number of thioether (sulfide) groups is 1. The smallest absolute Gasteiger partial charge is 0.288 e. The van der Waals surface area contributed by atoms with Gasteiger partial charge >= 0.3 is 0 Å². The Morgan fingerprint density at radius 3 is 2.57 bits per heavy atom. The quantitative estimate of drug-likeness (QED) is 0.736. The Bertz CT molecular complexity index is 519. The molecule has 2 rings (SSSR count). The van der Waals surface area contributed by atoms with E-state index in [1.807, 2.05) is 0 Å². The van der Waals surface area contributed by atoms with Crippen LogP contribution in [0.4, 0.5) is 14.5 Å². The highest BCUT2D eigenvalue weighted by molar-refractivity contribution is 7.99. The molecular weight excluding hydrogens is 318 g/mol. The number of amides is 1. The second-order valence-corrected chi connectivity index (χ2v) is 7.16. The van der Waals surface area contributed by atoms with Crippen molar-refractivity contribution in [2.24, 2.45) is 0 Å². The van der Waals surface area contributed by atoms with Gasteiger partial charge in [-0.3, -0.25) is 9.69 Å². The van der Waals surface area contributed by atoms with Crippen molar-refractivity contribution in [3.8, 4) is 0 Å². The first kappa shape index (κ1) is 18.2. The Hall–Kier alpha value is -1.14. The maximum absolute atomic E-state index is 12.6. The molecule has 23 heavy (non-hydrogen) atoms. The number of carbonyl (C=O) groups excluding carboxylic acids is 1. The molecule has 3 nitrogen and oxygen atoms in total. The molecule has 6 heteroatoms. The second-order valence-electron chi connectivity index (χ2n) is 6.13. The number of anilines is 1. The van der Waals surface area contributed by atoms with Gasteiger partial charge in [0, 0.05) is 17.0 Å². The highest BCUT2D eigenvalue weighted by Crippen LogP contribution is 2.31. The first-order valence-corrected chi connectivity index (χ1v) is 8.94. The molecule has 0 aromatic heterocycles. The zero-order valence-electron chi connectivity index (χ0n) is 13.6. The molecule has 0 unspecified atom stereocenters. The molecule has 1 aliphatic carbocycles. The predicted octanol–water partition coefficient (Wildman–Crippen LogP) is 4.59. The fraction of sp³-hybridized carbons (Fsp3) is 0.588. The van der Waals surface area contributed by atoms with Gasteiger partial charge < -0.3 is 5.32 Å². The molecule has 0 saturated heterocycles. The van der Waals surface area contributed by atoms with E-state index in [-0.39, 0.29) is 11.9 Å². The van der Waals surface area contributed by atoms with Crippen LogP contribution in [-0.2, 0) is 4.79 Å². The van der Waals surface area contributed by atoms with Crippen molar-refractivity contribution >= 4 is 23.4 Å². The number of alkyl halides is 2. The van der Waals surface area contributed by atoms with Crippen LogP contribution in [0.1, 0.15) is 39.5 Å². The van der Waals surface area contributed by atoms with Crippen molar-refractivity contribution < 1.29 is 13.6 Å². The van der Waals surface area contributed by atoms with Crippen LogP contribution in [0.3, 0.4) is 0 Å². The summed E-state index contributed by atoms with van der Waals surface area (Å²) in [5.41, 5.74) is 0.456. The van der Waals surface area contributed by atoms with Gasteiger partial charge in [0.2, 0.25) is 5.91 Å². The lowest BCUT2D eigenvalue weighted by atomic mass is 10.1. The van der Waals surface area contributed by atoms with E-state index in [1.165, 1.54) is 12.8 Å². The minimum absolute atomic E-state index is 0.145. The summed E-state index contributed by atoms with van der Waals surface area (Å²) in [4.78, 5) is 15.0. The van der Waals surface area contributed by atoms with Crippen LogP contribution in [0.15, 0.2) is 29.2 Å². The molecule has 1 fully saturated rings. The van der Waals surface area contributed by atoms with Crippen LogP contribution >= 0.6 is 11.8 Å². The zero-order valence-corrected chi connectivity index (χ0v) is 14.4. The van der Waals surface area contributed by atoms with Crippen molar-refractivity contribution in [1.82, 2.24) is 4.90 Å². The Morgan fingerprint density at radius 1 is 1.30 bits per heavy atom. The lowest BCUT2D eigenvalue weighted by molar-refractivity contribution is -0.118. The summed E-state index contributed by atoms with van der Waals surface area (Å²) in [6, 6.07) is 7.43. The largest absolute Gasteiger partial charge is 0.324 e. The van der Waals surface area contributed by atoms with E-state index in [1.54, 1.807) is 24.3 Å². The Kier molecular flexibility index (Phi) is 6.84. The highest BCUT2D eigenvalue weighted by Gasteiger charge is 2.26. The molecule has 1 amide bonds. The molecule has 1 aliphatic rings. The van der Waals surface area contributed by atoms with E-state index >= 15 is 0 Å². The number of halogens is 2. The predicted molar refractivity (Wildman–Crippen MR) is 91.0 cm³/mol. The topological polar surface area (TPSA) is 32.3 Å². The SMILES string of the molecule is CC(C)N(CC(=O)Nc1ccccc1SC(F)F)C1CCCC1. The summed E-state index contributed by atoms with van der Waals surface area (Å²) in [7, 11) is 0. The normalized spacial score (nSPS) is 15.8. The summed E-state index contributed by atoms with van der Waals surface area (Å²) in [6.07, 6.45) is 4.68. The maximum atomic E-state index is 12.6. The van der Waals surface area contributed by atoms with E-state index in [9.17, 15) is 13.6 Å². The first-order valence-electron chi connectivity index (χ1n) is 8.07. The number of hydrogen-bond donors (Lipinski definition) is 1. The van der Waals surface area contributed by atoms with E-state index in [4.69, 9.17) is 0 Å². The molecule has 1 saturated carbocycles. The van der Waals surface area contributed by atoms with Gasteiger partial charge in [0.25, 0.3) is 5.76 Å². The molecule has 0 heterocycles. The van der Waals surface area contributed by atoms with Crippen molar-refractivity contribution in [2.75, 3.05) is 11.9 Å². The van der Waals surface area contributed by atoms with Gasteiger partial charge in [-0.05, 0) is 38.8 Å². The van der Waals surface area contributed by atoms with Gasteiger partial charge in [-0.15, -0.1) is 0 Å². The number of nitrogens with one attached hydrogen (secondary N) is 1. The third-order valence-electron chi connectivity index (χ3n) is 4.16. The molecule has 1 N–H and O–H groups in total. The minimum atomic E-state index is -2.50.